The van der Waals surface area contributed by atoms with Gasteiger partial charge in [0.25, 0.3) is 0 Å². The first-order valence-corrected chi connectivity index (χ1v) is 6.41. The number of alkyl halides is 1. The summed E-state index contributed by atoms with van der Waals surface area (Å²) in [4.78, 5) is 11.2. The van der Waals surface area contributed by atoms with E-state index in [1.54, 1.807) is 0 Å². The highest BCUT2D eigenvalue weighted by Crippen LogP contribution is 2.06. The van der Waals surface area contributed by atoms with Crippen LogP contribution in [0, 0.1) is 0 Å². The summed E-state index contributed by atoms with van der Waals surface area (Å²) in [6, 6.07) is 0. The second-order valence-corrected chi connectivity index (χ2v) is 4.22. The largest absolute Gasteiger partial charge is 0.300 e. The molecule has 0 spiro atoms. The van der Waals surface area contributed by atoms with Crippen LogP contribution in [0.5, 0.6) is 0 Å². The van der Waals surface area contributed by atoms with Gasteiger partial charge in [-0.15, -0.1) is 0 Å². The fourth-order valence-corrected chi connectivity index (χ4v) is 1.52. The Bertz CT molecular complexity index is 112. The van der Waals surface area contributed by atoms with Gasteiger partial charge in [-0.1, -0.05) is 48.8 Å². The number of Topliss-reactive ketones (excluding diaryl/α,β-unsaturated/α-hetero) is 1. The summed E-state index contributed by atoms with van der Waals surface area (Å²) >= 11 is 2.32. The van der Waals surface area contributed by atoms with Crippen molar-refractivity contribution in [3.8, 4) is 0 Å². The predicted molar refractivity (Wildman–Crippen MR) is 61.9 cm³/mol. The number of unbranched alkanes of at least 4 members (excludes halogenated alkanes) is 3. The highest BCUT2D eigenvalue weighted by molar-refractivity contribution is 14.1. The highest BCUT2D eigenvalue weighted by Gasteiger charge is 1.99. The van der Waals surface area contributed by atoms with Crippen molar-refractivity contribution in [1.29, 1.82) is 0 Å². The Hall–Kier alpha value is 0.400. The molecule has 0 aromatic carbocycles. The Morgan fingerprint density at radius 1 is 1.08 bits per heavy atom. The number of halogens is 1. The monoisotopic (exact) mass is 282 g/mol. The Balaban J connectivity index is 3.08. The fourth-order valence-electron chi connectivity index (χ4n) is 1.14. The van der Waals surface area contributed by atoms with Gasteiger partial charge >= 0.3 is 0 Å². The van der Waals surface area contributed by atoms with Crippen molar-refractivity contribution in [3.05, 3.63) is 0 Å². The molecule has 0 rings (SSSR count). The molecule has 2 heteroatoms. The van der Waals surface area contributed by atoms with E-state index in [4.69, 9.17) is 0 Å². The number of hydrogen-bond acceptors (Lipinski definition) is 1. The van der Waals surface area contributed by atoms with Gasteiger partial charge in [0.1, 0.15) is 5.78 Å². The van der Waals surface area contributed by atoms with Crippen LogP contribution in [0.4, 0.5) is 0 Å². The maximum atomic E-state index is 11.2. The second kappa shape index (κ2) is 9.49. The molecule has 0 saturated carbocycles. The smallest absolute Gasteiger partial charge is 0.132 e. The normalized spacial score (nSPS) is 10.2. The zero-order valence-electron chi connectivity index (χ0n) is 7.94. The molecule has 0 radical (unpaired) electrons. The third kappa shape index (κ3) is 8.50. The molecule has 1 nitrogen and oxygen atoms in total. The van der Waals surface area contributed by atoms with Crippen LogP contribution in [0.25, 0.3) is 0 Å². The van der Waals surface area contributed by atoms with E-state index in [-0.39, 0.29) is 0 Å². The van der Waals surface area contributed by atoms with Gasteiger partial charge in [-0.25, -0.2) is 0 Å². The van der Waals surface area contributed by atoms with E-state index < -0.39 is 0 Å². The van der Waals surface area contributed by atoms with E-state index in [9.17, 15) is 4.79 Å². The van der Waals surface area contributed by atoms with Crippen LogP contribution in [0.1, 0.15) is 51.9 Å². The zero-order valence-corrected chi connectivity index (χ0v) is 10.1. The lowest BCUT2D eigenvalue weighted by Crippen LogP contribution is -1.97. The standard InChI is InChI=1S/C10H19IO/c1-2-3-4-5-7-10(12)8-6-9-11/h2-9H2,1H3. The Morgan fingerprint density at radius 2 is 1.75 bits per heavy atom. The topological polar surface area (TPSA) is 17.1 Å². The van der Waals surface area contributed by atoms with Crippen molar-refractivity contribution < 1.29 is 4.79 Å². The maximum absolute atomic E-state index is 11.2. The predicted octanol–water partition coefficient (Wildman–Crippen LogP) is 3.74. The summed E-state index contributed by atoms with van der Waals surface area (Å²) in [5, 5.41) is 0. The average molecular weight is 282 g/mol. The van der Waals surface area contributed by atoms with Crippen molar-refractivity contribution in [2.45, 2.75) is 51.9 Å². The lowest BCUT2D eigenvalue weighted by molar-refractivity contribution is -0.119. The first-order chi connectivity index (χ1) is 5.81. The van der Waals surface area contributed by atoms with Gasteiger partial charge in [0, 0.05) is 12.8 Å². The van der Waals surface area contributed by atoms with Crippen LogP contribution in [0.3, 0.4) is 0 Å². The third-order valence-corrected chi connectivity index (χ3v) is 2.66. The summed E-state index contributed by atoms with van der Waals surface area (Å²) in [7, 11) is 0. The van der Waals surface area contributed by atoms with Crippen molar-refractivity contribution >= 4 is 28.4 Å². The molecule has 0 unspecified atom stereocenters. The van der Waals surface area contributed by atoms with Gasteiger partial charge in [0.2, 0.25) is 0 Å². The van der Waals surface area contributed by atoms with Crippen LogP contribution in [-0.2, 0) is 4.79 Å². The average Bonchev–Trinajstić information content (AvgIpc) is 2.09. The molecule has 0 bridgehead atoms. The van der Waals surface area contributed by atoms with Crippen LogP contribution < -0.4 is 0 Å². The molecule has 12 heavy (non-hydrogen) atoms. The zero-order chi connectivity index (χ0) is 9.23. The van der Waals surface area contributed by atoms with Crippen LogP contribution in [0.2, 0.25) is 0 Å². The molecule has 0 aliphatic heterocycles. The number of ketones is 1. The maximum Gasteiger partial charge on any atom is 0.132 e. The van der Waals surface area contributed by atoms with E-state index >= 15 is 0 Å². The quantitative estimate of drug-likeness (QED) is 0.376. The minimum absolute atomic E-state index is 0.461. The van der Waals surface area contributed by atoms with E-state index in [1.807, 2.05) is 0 Å². The third-order valence-electron chi connectivity index (χ3n) is 1.90. The lowest BCUT2D eigenvalue weighted by Gasteiger charge is -1.98. The molecule has 0 atom stereocenters. The number of hydrogen-bond donors (Lipinski definition) is 0. The second-order valence-electron chi connectivity index (χ2n) is 3.14. The first-order valence-electron chi connectivity index (χ1n) is 4.89. The van der Waals surface area contributed by atoms with Crippen LogP contribution >= 0.6 is 22.6 Å². The number of carbonyl (C=O) groups is 1. The van der Waals surface area contributed by atoms with Crippen molar-refractivity contribution in [3.63, 3.8) is 0 Å². The summed E-state index contributed by atoms with van der Waals surface area (Å²) in [5.41, 5.74) is 0. The summed E-state index contributed by atoms with van der Waals surface area (Å²) in [5.74, 6) is 0.461. The minimum Gasteiger partial charge on any atom is -0.300 e. The molecule has 0 amide bonds. The summed E-state index contributed by atoms with van der Waals surface area (Å²) < 4.78 is 1.11. The van der Waals surface area contributed by atoms with E-state index in [1.165, 1.54) is 19.3 Å². The van der Waals surface area contributed by atoms with Gasteiger partial charge in [-0.3, -0.25) is 4.79 Å². The van der Waals surface area contributed by atoms with Crippen molar-refractivity contribution in [2.75, 3.05) is 4.43 Å². The van der Waals surface area contributed by atoms with Gasteiger partial charge in [0.05, 0.1) is 0 Å². The first kappa shape index (κ1) is 12.4. The molecule has 0 N–H and O–H groups in total. The van der Waals surface area contributed by atoms with E-state index in [0.29, 0.717) is 5.78 Å². The molecule has 0 aliphatic rings. The van der Waals surface area contributed by atoms with E-state index in [2.05, 4.69) is 29.5 Å². The molecule has 0 aliphatic carbocycles. The van der Waals surface area contributed by atoms with E-state index in [0.717, 1.165) is 30.1 Å². The van der Waals surface area contributed by atoms with Crippen LogP contribution in [0.15, 0.2) is 0 Å². The SMILES string of the molecule is CCCCCCC(=O)CCCI. The molecular weight excluding hydrogens is 263 g/mol. The van der Waals surface area contributed by atoms with Gasteiger partial charge in [-0.05, 0) is 17.3 Å². The molecule has 0 aromatic heterocycles. The number of carbonyl (C=O) groups excluding carboxylic acids is 1. The van der Waals surface area contributed by atoms with Crippen molar-refractivity contribution in [1.82, 2.24) is 0 Å². The summed E-state index contributed by atoms with van der Waals surface area (Å²) in [6.45, 7) is 2.19. The van der Waals surface area contributed by atoms with Crippen LogP contribution in [-0.4, -0.2) is 10.2 Å². The highest BCUT2D eigenvalue weighted by atomic mass is 127. The van der Waals surface area contributed by atoms with Crippen molar-refractivity contribution in [2.24, 2.45) is 0 Å². The molecule has 0 saturated heterocycles. The Morgan fingerprint density at radius 3 is 2.33 bits per heavy atom. The molecular formula is C10H19IO. The summed E-state index contributed by atoms with van der Waals surface area (Å²) in [6.07, 6.45) is 7.54. The molecule has 0 fully saturated rings. The Labute approximate surface area is 89.4 Å². The lowest BCUT2D eigenvalue weighted by atomic mass is 10.1. The van der Waals surface area contributed by atoms with Gasteiger partial charge in [0.15, 0.2) is 0 Å². The van der Waals surface area contributed by atoms with Gasteiger partial charge in [-0.2, -0.15) is 0 Å². The Kier molecular flexibility index (Phi) is 9.80. The molecule has 72 valence electrons. The minimum atomic E-state index is 0.461. The van der Waals surface area contributed by atoms with Gasteiger partial charge < -0.3 is 0 Å². The fraction of sp³-hybridized carbons (Fsp3) is 0.900. The molecule has 0 aromatic rings. The molecule has 0 heterocycles. The number of rotatable bonds is 8.